The molecule has 0 saturated heterocycles. The van der Waals surface area contributed by atoms with E-state index in [2.05, 4.69) is 4.90 Å². The molecule has 35 heavy (non-hydrogen) atoms. The van der Waals surface area contributed by atoms with Crippen molar-refractivity contribution in [3.63, 3.8) is 0 Å². The molecule has 0 heterocycles. The summed E-state index contributed by atoms with van der Waals surface area (Å²) in [4.78, 5) is 13.8. The average molecular weight is 498 g/mol. The smallest absolute Gasteiger partial charge is 0.416 e. The molecule has 1 N–H and O–H groups in total. The van der Waals surface area contributed by atoms with Crippen LogP contribution in [-0.4, -0.2) is 40.8 Å². The third-order valence-electron chi connectivity index (χ3n) is 8.72. The van der Waals surface area contributed by atoms with Crippen LogP contribution < -0.4 is 0 Å². The van der Waals surface area contributed by atoms with Crippen LogP contribution in [0.5, 0.6) is 0 Å². The van der Waals surface area contributed by atoms with Crippen molar-refractivity contribution in [2.45, 2.75) is 107 Å². The Hall–Kier alpha value is -1.63. The van der Waals surface area contributed by atoms with Gasteiger partial charge in [-0.1, -0.05) is 44.2 Å². The summed E-state index contributed by atoms with van der Waals surface area (Å²) in [6.45, 7) is 1.21. The van der Waals surface area contributed by atoms with Crippen LogP contribution in [0.15, 0.2) is 24.3 Å². The molecular weight excluding hydrogens is 458 g/mol. The highest BCUT2D eigenvalue weighted by Crippen LogP contribution is 2.44. The van der Waals surface area contributed by atoms with E-state index in [1.54, 1.807) is 12.1 Å². The Kier molecular flexibility index (Phi) is 8.45. The molecule has 3 aliphatic carbocycles. The number of nitrogens with zero attached hydrogens (tertiary/aromatic N) is 1. The molecule has 0 bridgehead atoms. The lowest BCUT2D eigenvalue weighted by atomic mass is 9.72. The summed E-state index contributed by atoms with van der Waals surface area (Å²) >= 11 is 0. The van der Waals surface area contributed by atoms with Crippen LogP contribution in [0, 0.1) is 11.8 Å². The SMILES string of the molecule is O=C(O)CC1CC[C@@H](N(CC2CCCC2)CC2(F)CCCCC2)C(c2ccc(C(F)(F)F)cc2)C1. The van der Waals surface area contributed by atoms with Gasteiger partial charge in [0.05, 0.1) is 5.56 Å². The van der Waals surface area contributed by atoms with Crippen molar-refractivity contribution >= 4 is 5.97 Å². The van der Waals surface area contributed by atoms with Crippen molar-refractivity contribution in [1.29, 1.82) is 0 Å². The largest absolute Gasteiger partial charge is 0.481 e. The maximum atomic E-state index is 16.0. The topological polar surface area (TPSA) is 40.5 Å². The maximum Gasteiger partial charge on any atom is 0.416 e. The molecule has 196 valence electrons. The number of carbonyl (C=O) groups is 1. The molecule has 0 aromatic heterocycles. The highest BCUT2D eigenvalue weighted by molar-refractivity contribution is 5.67. The van der Waals surface area contributed by atoms with E-state index in [-0.39, 0.29) is 24.3 Å². The first-order chi connectivity index (χ1) is 16.6. The number of aliphatic carboxylic acids is 1. The van der Waals surface area contributed by atoms with Crippen LogP contribution in [0.25, 0.3) is 0 Å². The van der Waals surface area contributed by atoms with Crippen LogP contribution in [0.1, 0.15) is 101 Å². The summed E-state index contributed by atoms with van der Waals surface area (Å²) in [5.74, 6) is -0.415. The molecule has 0 amide bonds. The molecule has 0 spiro atoms. The summed E-state index contributed by atoms with van der Waals surface area (Å²) in [5, 5.41) is 9.38. The fourth-order valence-corrected chi connectivity index (χ4v) is 6.94. The summed E-state index contributed by atoms with van der Waals surface area (Å²) < 4.78 is 55.5. The van der Waals surface area contributed by atoms with Gasteiger partial charge in [0, 0.05) is 25.6 Å². The number of halogens is 4. The van der Waals surface area contributed by atoms with E-state index in [9.17, 15) is 23.1 Å². The van der Waals surface area contributed by atoms with Gasteiger partial charge in [0.25, 0.3) is 0 Å². The van der Waals surface area contributed by atoms with E-state index in [1.807, 2.05) is 0 Å². The second kappa shape index (κ2) is 11.2. The van der Waals surface area contributed by atoms with Crippen LogP contribution in [-0.2, 0) is 11.0 Å². The minimum atomic E-state index is -4.40. The lowest BCUT2D eigenvalue weighted by Gasteiger charge is -2.46. The second-order valence-corrected chi connectivity index (χ2v) is 11.4. The molecule has 3 nitrogen and oxygen atoms in total. The first-order valence-corrected chi connectivity index (χ1v) is 13.4. The van der Waals surface area contributed by atoms with Gasteiger partial charge in [-0.15, -0.1) is 0 Å². The Labute approximate surface area is 206 Å². The van der Waals surface area contributed by atoms with E-state index in [0.717, 1.165) is 69.2 Å². The Morgan fingerprint density at radius 3 is 2.20 bits per heavy atom. The Morgan fingerprint density at radius 2 is 1.60 bits per heavy atom. The van der Waals surface area contributed by atoms with E-state index in [4.69, 9.17) is 0 Å². The number of carboxylic acids is 1. The summed E-state index contributed by atoms with van der Waals surface area (Å²) in [5.41, 5.74) is -1.08. The summed E-state index contributed by atoms with van der Waals surface area (Å²) in [6.07, 6.45) is 6.53. The molecule has 1 aromatic carbocycles. The molecule has 7 heteroatoms. The molecule has 0 radical (unpaired) electrons. The Bertz CT molecular complexity index is 828. The molecule has 3 saturated carbocycles. The minimum Gasteiger partial charge on any atom is -0.481 e. The fourth-order valence-electron chi connectivity index (χ4n) is 6.94. The number of rotatable bonds is 8. The number of hydrogen-bond acceptors (Lipinski definition) is 2. The van der Waals surface area contributed by atoms with Gasteiger partial charge in [0.1, 0.15) is 5.67 Å². The number of carboxylic acid groups (broad SMARTS) is 1. The van der Waals surface area contributed by atoms with Crippen molar-refractivity contribution in [2.75, 3.05) is 13.1 Å². The minimum absolute atomic E-state index is 0.0154. The summed E-state index contributed by atoms with van der Waals surface area (Å²) in [6, 6.07) is 5.40. The molecule has 3 aliphatic rings. The van der Waals surface area contributed by atoms with Gasteiger partial charge in [-0.3, -0.25) is 9.69 Å². The molecule has 1 aromatic rings. The van der Waals surface area contributed by atoms with Crippen LogP contribution >= 0.6 is 0 Å². The van der Waals surface area contributed by atoms with Gasteiger partial charge in [0.15, 0.2) is 0 Å². The van der Waals surface area contributed by atoms with Crippen molar-refractivity contribution < 1.29 is 27.5 Å². The standard InChI is InChI=1S/C28H39F4NO2/c29-27(14-4-1-5-15-27)19-33(18-20-6-2-3-7-20)25-13-8-21(17-26(34)35)16-24(25)22-9-11-23(12-10-22)28(30,31)32/h9-12,20-21,24-25H,1-8,13-19H2,(H,34,35)/t21?,24?,25-/m1/s1. The monoisotopic (exact) mass is 497 g/mol. The molecule has 0 aliphatic heterocycles. The zero-order chi connectivity index (χ0) is 25.1. The molecular formula is C28H39F4NO2. The predicted molar refractivity (Wildman–Crippen MR) is 128 cm³/mol. The molecule has 3 fully saturated rings. The zero-order valence-electron chi connectivity index (χ0n) is 20.5. The maximum absolute atomic E-state index is 16.0. The Balaban J connectivity index is 1.61. The fraction of sp³-hybridized carbons (Fsp3) is 0.750. The third-order valence-corrected chi connectivity index (χ3v) is 8.72. The van der Waals surface area contributed by atoms with Gasteiger partial charge in [-0.25, -0.2) is 4.39 Å². The molecule has 4 rings (SSSR count). The Morgan fingerprint density at radius 1 is 0.943 bits per heavy atom. The number of benzene rings is 1. The normalized spacial score (nSPS) is 27.9. The lowest BCUT2D eigenvalue weighted by molar-refractivity contribution is -0.139. The number of hydrogen-bond donors (Lipinski definition) is 1. The lowest BCUT2D eigenvalue weighted by Crippen LogP contribution is -2.51. The van der Waals surface area contributed by atoms with Crippen molar-refractivity contribution in [3.8, 4) is 0 Å². The number of alkyl halides is 4. The van der Waals surface area contributed by atoms with Gasteiger partial charge in [0.2, 0.25) is 0 Å². The van der Waals surface area contributed by atoms with E-state index < -0.39 is 23.4 Å². The van der Waals surface area contributed by atoms with Gasteiger partial charge < -0.3 is 5.11 Å². The first-order valence-electron chi connectivity index (χ1n) is 13.4. The zero-order valence-corrected chi connectivity index (χ0v) is 20.5. The first kappa shape index (κ1) is 26.4. The van der Waals surface area contributed by atoms with Crippen molar-refractivity contribution in [1.82, 2.24) is 4.90 Å². The van der Waals surface area contributed by atoms with Crippen LogP contribution in [0.3, 0.4) is 0 Å². The van der Waals surface area contributed by atoms with Crippen molar-refractivity contribution in [2.24, 2.45) is 11.8 Å². The quantitative estimate of drug-likeness (QED) is 0.376. The van der Waals surface area contributed by atoms with Crippen molar-refractivity contribution in [3.05, 3.63) is 35.4 Å². The van der Waals surface area contributed by atoms with Gasteiger partial charge in [-0.05, 0) is 80.4 Å². The van der Waals surface area contributed by atoms with Gasteiger partial charge in [-0.2, -0.15) is 13.2 Å². The molecule has 3 atom stereocenters. The van der Waals surface area contributed by atoms with Crippen LogP contribution in [0.4, 0.5) is 17.6 Å². The average Bonchev–Trinajstić information content (AvgIpc) is 3.31. The van der Waals surface area contributed by atoms with E-state index >= 15 is 4.39 Å². The second-order valence-electron chi connectivity index (χ2n) is 11.4. The van der Waals surface area contributed by atoms with E-state index in [1.165, 1.54) is 12.8 Å². The van der Waals surface area contributed by atoms with Gasteiger partial charge >= 0.3 is 12.1 Å². The molecule has 2 unspecified atom stereocenters. The van der Waals surface area contributed by atoms with Crippen LogP contribution in [0.2, 0.25) is 0 Å². The predicted octanol–water partition coefficient (Wildman–Crippen LogP) is 7.60. The highest BCUT2D eigenvalue weighted by atomic mass is 19.4. The highest BCUT2D eigenvalue weighted by Gasteiger charge is 2.42. The third kappa shape index (κ3) is 6.99. The van der Waals surface area contributed by atoms with E-state index in [0.29, 0.717) is 31.7 Å². The summed E-state index contributed by atoms with van der Waals surface area (Å²) in [7, 11) is 0.